The third kappa shape index (κ3) is 3.17. The van der Waals surface area contributed by atoms with E-state index in [4.69, 9.17) is 16.0 Å². The Kier molecular flexibility index (Phi) is 4.38. The number of carbonyl (C=O) groups is 1. The third-order valence-corrected chi connectivity index (χ3v) is 4.35. The molecule has 1 aromatic heterocycles. The number of oxazole rings is 1. The first kappa shape index (κ1) is 16.3. The number of carbonyl (C=O) groups excluding carboxylic acids is 1. The highest BCUT2D eigenvalue weighted by Crippen LogP contribution is 2.28. The number of aromatic nitrogens is 1. The molecule has 0 N–H and O–H groups in total. The molecule has 0 aliphatic heterocycles. The lowest BCUT2D eigenvalue weighted by molar-refractivity contribution is 0.105. The molecular formula is C22H14ClNO2. The molecule has 4 aromatic rings. The summed E-state index contributed by atoms with van der Waals surface area (Å²) in [5.41, 5.74) is 2.99. The number of ketones is 1. The number of allylic oxidation sites excluding steroid dienone is 1. The number of hydrogen-bond donors (Lipinski definition) is 0. The molecule has 0 saturated carbocycles. The van der Waals surface area contributed by atoms with Crippen LogP contribution < -0.4 is 0 Å². The lowest BCUT2D eigenvalue weighted by atomic mass is 10.0. The summed E-state index contributed by atoms with van der Waals surface area (Å²) in [6.45, 7) is 0. The smallest absolute Gasteiger partial charge is 0.231 e. The van der Waals surface area contributed by atoms with Crippen molar-refractivity contribution >= 4 is 40.1 Å². The average Bonchev–Trinajstić information content (AvgIpc) is 3.11. The fourth-order valence-corrected chi connectivity index (χ4v) is 2.89. The quantitative estimate of drug-likeness (QED) is 0.336. The van der Waals surface area contributed by atoms with Crippen LogP contribution in [-0.4, -0.2) is 10.8 Å². The zero-order valence-electron chi connectivity index (χ0n) is 13.7. The molecule has 0 fully saturated rings. The van der Waals surface area contributed by atoms with Crippen LogP contribution in [0.4, 0.5) is 0 Å². The number of fused-ring (bicyclic) bond motifs is 1. The van der Waals surface area contributed by atoms with Gasteiger partial charge in [-0.05, 0) is 29.8 Å². The van der Waals surface area contributed by atoms with E-state index in [1.807, 2.05) is 60.7 Å². The van der Waals surface area contributed by atoms with Crippen LogP contribution in [0.5, 0.6) is 0 Å². The number of rotatable bonds is 4. The van der Waals surface area contributed by atoms with Gasteiger partial charge in [-0.2, -0.15) is 0 Å². The molecule has 0 unspecified atom stereocenters. The first-order valence-corrected chi connectivity index (χ1v) is 8.52. The number of halogens is 1. The summed E-state index contributed by atoms with van der Waals surface area (Å²) in [6, 6.07) is 23.8. The number of nitrogens with zero attached hydrogens (tertiary/aromatic N) is 1. The Morgan fingerprint density at radius 3 is 2.35 bits per heavy atom. The van der Waals surface area contributed by atoms with Crippen LogP contribution in [0.3, 0.4) is 0 Å². The molecule has 0 amide bonds. The largest absolute Gasteiger partial charge is 0.436 e. The van der Waals surface area contributed by atoms with Crippen molar-refractivity contribution in [1.29, 1.82) is 0 Å². The van der Waals surface area contributed by atoms with Gasteiger partial charge in [0.15, 0.2) is 11.4 Å². The van der Waals surface area contributed by atoms with Crippen LogP contribution in [0.2, 0.25) is 5.02 Å². The van der Waals surface area contributed by atoms with E-state index in [1.54, 1.807) is 24.3 Å². The van der Waals surface area contributed by atoms with Crippen molar-refractivity contribution in [2.75, 3.05) is 0 Å². The molecule has 0 bridgehead atoms. The summed E-state index contributed by atoms with van der Waals surface area (Å²) >= 11 is 6.28. The average molecular weight is 360 g/mol. The SMILES string of the molecule is O=C(/C(=C/c1ccccc1Cl)c1nc2ccccc2o1)c1ccccc1. The zero-order valence-corrected chi connectivity index (χ0v) is 14.5. The van der Waals surface area contributed by atoms with Crippen molar-refractivity contribution in [2.45, 2.75) is 0 Å². The molecule has 3 nitrogen and oxygen atoms in total. The van der Waals surface area contributed by atoms with Crippen LogP contribution in [0, 0.1) is 0 Å². The Hall–Kier alpha value is -3.17. The van der Waals surface area contributed by atoms with Gasteiger partial charge in [-0.3, -0.25) is 4.79 Å². The number of Topliss-reactive ketones (excluding diaryl/α,β-unsaturated/α-hetero) is 1. The second-order valence-corrected chi connectivity index (χ2v) is 6.17. The standard InChI is InChI=1S/C22H14ClNO2/c23-18-11-5-4-10-16(18)14-17(21(25)15-8-2-1-3-9-15)22-24-19-12-6-7-13-20(19)26-22/h1-14H/b17-14-. The van der Waals surface area contributed by atoms with E-state index in [2.05, 4.69) is 4.98 Å². The lowest BCUT2D eigenvalue weighted by Gasteiger charge is -2.05. The van der Waals surface area contributed by atoms with E-state index in [9.17, 15) is 4.79 Å². The Labute approximate surface area is 155 Å². The maximum Gasteiger partial charge on any atom is 0.231 e. The van der Waals surface area contributed by atoms with Crippen LogP contribution >= 0.6 is 11.6 Å². The minimum atomic E-state index is -0.169. The molecule has 0 saturated heterocycles. The van der Waals surface area contributed by atoms with E-state index in [0.717, 1.165) is 5.56 Å². The molecule has 0 radical (unpaired) electrons. The molecule has 0 atom stereocenters. The molecule has 3 aromatic carbocycles. The summed E-state index contributed by atoms with van der Waals surface area (Å²) in [5, 5.41) is 0.557. The summed E-state index contributed by atoms with van der Waals surface area (Å²) in [6.07, 6.45) is 1.72. The Morgan fingerprint density at radius 2 is 1.58 bits per heavy atom. The molecular weight excluding hydrogens is 346 g/mol. The molecule has 126 valence electrons. The Bertz CT molecular complexity index is 1080. The predicted octanol–water partition coefficient (Wildman–Crippen LogP) is 5.90. The number of hydrogen-bond acceptors (Lipinski definition) is 3. The van der Waals surface area contributed by atoms with Crippen molar-refractivity contribution in [3.05, 3.63) is 101 Å². The molecule has 1 heterocycles. The normalized spacial score (nSPS) is 11.7. The van der Waals surface area contributed by atoms with Gasteiger partial charge in [-0.15, -0.1) is 0 Å². The van der Waals surface area contributed by atoms with E-state index in [1.165, 1.54) is 0 Å². The van der Waals surface area contributed by atoms with E-state index in [0.29, 0.717) is 27.3 Å². The predicted molar refractivity (Wildman–Crippen MR) is 104 cm³/mol. The number of para-hydroxylation sites is 2. The van der Waals surface area contributed by atoms with Gasteiger partial charge >= 0.3 is 0 Å². The minimum absolute atomic E-state index is 0.169. The topological polar surface area (TPSA) is 43.1 Å². The first-order chi connectivity index (χ1) is 12.7. The maximum absolute atomic E-state index is 13.1. The molecule has 4 heteroatoms. The highest BCUT2D eigenvalue weighted by molar-refractivity contribution is 6.35. The molecule has 26 heavy (non-hydrogen) atoms. The van der Waals surface area contributed by atoms with Crippen molar-refractivity contribution in [1.82, 2.24) is 4.98 Å². The summed E-state index contributed by atoms with van der Waals surface area (Å²) in [5.74, 6) is 0.108. The van der Waals surface area contributed by atoms with Gasteiger partial charge < -0.3 is 4.42 Å². The monoisotopic (exact) mass is 359 g/mol. The Balaban J connectivity index is 1.89. The highest BCUT2D eigenvalue weighted by Gasteiger charge is 2.20. The fourth-order valence-electron chi connectivity index (χ4n) is 2.70. The zero-order chi connectivity index (χ0) is 17.9. The van der Waals surface area contributed by atoms with Gasteiger partial charge in [-0.25, -0.2) is 4.98 Å². The van der Waals surface area contributed by atoms with Gasteiger partial charge in [0.2, 0.25) is 5.89 Å². The summed E-state index contributed by atoms with van der Waals surface area (Å²) in [4.78, 5) is 17.6. The molecule has 0 aliphatic carbocycles. The van der Waals surface area contributed by atoms with Crippen molar-refractivity contribution < 1.29 is 9.21 Å². The van der Waals surface area contributed by atoms with E-state index < -0.39 is 0 Å². The summed E-state index contributed by atoms with van der Waals surface area (Å²) in [7, 11) is 0. The fraction of sp³-hybridized carbons (Fsp3) is 0. The Morgan fingerprint density at radius 1 is 0.885 bits per heavy atom. The maximum atomic E-state index is 13.1. The second-order valence-electron chi connectivity index (χ2n) is 5.76. The molecule has 4 rings (SSSR count). The molecule has 0 spiro atoms. The van der Waals surface area contributed by atoms with Gasteiger partial charge in [0, 0.05) is 10.6 Å². The van der Waals surface area contributed by atoms with Crippen molar-refractivity contribution in [3.8, 4) is 0 Å². The van der Waals surface area contributed by atoms with Crippen LogP contribution in [0.25, 0.3) is 22.7 Å². The number of benzene rings is 3. The van der Waals surface area contributed by atoms with Crippen molar-refractivity contribution in [2.24, 2.45) is 0 Å². The van der Waals surface area contributed by atoms with Gasteiger partial charge in [0.1, 0.15) is 5.52 Å². The van der Waals surface area contributed by atoms with Gasteiger partial charge in [0.25, 0.3) is 0 Å². The van der Waals surface area contributed by atoms with Crippen LogP contribution in [-0.2, 0) is 0 Å². The van der Waals surface area contributed by atoms with Crippen LogP contribution in [0.1, 0.15) is 21.8 Å². The minimum Gasteiger partial charge on any atom is -0.436 e. The second kappa shape index (κ2) is 6.98. The molecule has 0 aliphatic rings. The lowest BCUT2D eigenvalue weighted by Crippen LogP contribution is -2.03. The van der Waals surface area contributed by atoms with Crippen molar-refractivity contribution in [3.63, 3.8) is 0 Å². The van der Waals surface area contributed by atoms with E-state index >= 15 is 0 Å². The van der Waals surface area contributed by atoms with Gasteiger partial charge in [-0.1, -0.05) is 72.3 Å². The summed E-state index contributed by atoms with van der Waals surface area (Å²) < 4.78 is 5.84. The third-order valence-electron chi connectivity index (χ3n) is 4.01. The highest BCUT2D eigenvalue weighted by atomic mass is 35.5. The first-order valence-electron chi connectivity index (χ1n) is 8.14. The van der Waals surface area contributed by atoms with Crippen LogP contribution in [0.15, 0.2) is 83.3 Å². The van der Waals surface area contributed by atoms with E-state index in [-0.39, 0.29) is 11.7 Å². The van der Waals surface area contributed by atoms with Gasteiger partial charge in [0.05, 0.1) is 5.57 Å².